The van der Waals surface area contributed by atoms with Crippen LogP contribution in [0.4, 0.5) is 10.8 Å². The van der Waals surface area contributed by atoms with Crippen LogP contribution in [0.1, 0.15) is 19.3 Å². The van der Waals surface area contributed by atoms with Crippen LogP contribution >= 0.6 is 11.3 Å². The Bertz CT molecular complexity index is 1270. The summed E-state index contributed by atoms with van der Waals surface area (Å²) in [6, 6.07) is 19.1. The van der Waals surface area contributed by atoms with E-state index < -0.39 is 0 Å². The summed E-state index contributed by atoms with van der Waals surface area (Å²) in [6.45, 7) is 2.01. The Balaban J connectivity index is 1.31. The number of thiazole rings is 1. The zero-order valence-corrected chi connectivity index (χ0v) is 18.3. The molecule has 4 aromatic rings. The third kappa shape index (κ3) is 4.40. The van der Waals surface area contributed by atoms with Gasteiger partial charge in [-0.15, -0.1) is 0 Å². The van der Waals surface area contributed by atoms with Gasteiger partial charge in [0.15, 0.2) is 5.13 Å². The predicted molar refractivity (Wildman–Crippen MR) is 128 cm³/mol. The SMILES string of the molecule is O=C(Cn1nc(-c2ccc(N3CCCCC3)cc2)ccc1=O)Nc1nc2ccccc2s1. The molecule has 3 heterocycles. The fourth-order valence-electron chi connectivity index (χ4n) is 3.93. The molecule has 0 saturated carbocycles. The van der Waals surface area contributed by atoms with Crippen molar-refractivity contribution in [2.45, 2.75) is 25.8 Å². The van der Waals surface area contributed by atoms with Crippen molar-refractivity contribution >= 4 is 38.3 Å². The maximum atomic E-state index is 12.5. The lowest BCUT2D eigenvalue weighted by atomic mass is 10.1. The molecule has 1 N–H and O–H groups in total. The number of para-hydroxylation sites is 1. The summed E-state index contributed by atoms with van der Waals surface area (Å²) in [7, 11) is 0. The van der Waals surface area contributed by atoms with Gasteiger partial charge in [0, 0.05) is 30.4 Å². The van der Waals surface area contributed by atoms with Gasteiger partial charge in [-0.3, -0.25) is 9.59 Å². The van der Waals surface area contributed by atoms with Crippen LogP contribution in [0.3, 0.4) is 0 Å². The van der Waals surface area contributed by atoms with E-state index in [2.05, 4.69) is 32.4 Å². The average Bonchev–Trinajstić information content (AvgIpc) is 3.23. The molecule has 8 heteroatoms. The summed E-state index contributed by atoms with van der Waals surface area (Å²) >= 11 is 1.40. The molecule has 0 unspecified atom stereocenters. The summed E-state index contributed by atoms with van der Waals surface area (Å²) < 4.78 is 2.18. The van der Waals surface area contributed by atoms with Gasteiger partial charge in [0.1, 0.15) is 6.54 Å². The lowest BCUT2D eigenvalue weighted by Crippen LogP contribution is -2.29. The second-order valence-corrected chi connectivity index (χ2v) is 8.87. The number of anilines is 2. The number of nitrogens with one attached hydrogen (secondary N) is 1. The zero-order chi connectivity index (χ0) is 21.9. The summed E-state index contributed by atoms with van der Waals surface area (Å²) in [5.74, 6) is -0.337. The minimum Gasteiger partial charge on any atom is -0.372 e. The molecule has 1 aliphatic rings. The van der Waals surface area contributed by atoms with Gasteiger partial charge < -0.3 is 10.2 Å². The molecular weight excluding hydrogens is 422 g/mol. The van der Waals surface area contributed by atoms with Crippen molar-refractivity contribution in [3.63, 3.8) is 0 Å². The molecule has 1 saturated heterocycles. The molecule has 1 amide bonds. The average molecular weight is 446 g/mol. The highest BCUT2D eigenvalue weighted by molar-refractivity contribution is 7.22. The number of aromatic nitrogens is 3. The van der Waals surface area contributed by atoms with Gasteiger partial charge in [-0.1, -0.05) is 35.6 Å². The predicted octanol–water partition coefficient (Wildman–Crippen LogP) is 4.15. The Labute approximate surface area is 189 Å². The van der Waals surface area contributed by atoms with E-state index in [4.69, 9.17) is 0 Å². The molecule has 2 aromatic carbocycles. The van der Waals surface area contributed by atoms with Gasteiger partial charge in [0.25, 0.3) is 5.56 Å². The van der Waals surface area contributed by atoms with Gasteiger partial charge >= 0.3 is 0 Å². The van der Waals surface area contributed by atoms with E-state index >= 15 is 0 Å². The first kappa shape index (κ1) is 20.4. The minimum atomic E-state index is -0.337. The molecule has 7 nitrogen and oxygen atoms in total. The van der Waals surface area contributed by atoms with Crippen LogP contribution < -0.4 is 15.8 Å². The third-order valence-electron chi connectivity index (χ3n) is 5.58. The molecule has 0 atom stereocenters. The van der Waals surface area contributed by atoms with Crippen molar-refractivity contribution in [2.24, 2.45) is 0 Å². The van der Waals surface area contributed by atoms with Crippen molar-refractivity contribution < 1.29 is 4.79 Å². The number of hydrogen-bond acceptors (Lipinski definition) is 6. The quantitative estimate of drug-likeness (QED) is 0.499. The van der Waals surface area contributed by atoms with Crippen LogP contribution in [0.25, 0.3) is 21.5 Å². The first-order valence-electron chi connectivity index (χ1n) is 10.7. The summed E-state index contributed by atoms with van der Waals surface area (Å²) in [4.78, 5) is 31.6. The number of benzene rings is 2. The molecule has 1 aliphatic heterocycles. The van der Waals surface area contributed by atoms with Crippen LogP contribution in [0, 0.1) is 0 Å². The zero-order valence-electron chi connectivity index (χ0n) is 17.5. The maximum absolute atomic E-state index is 12.5. The standard InChI is InChI=1S/C24H23N5O2S/c30-22(26-24-25-20-6-2-3-7-21(20)32-24)16-29-23(31)13-12-19(27-29)17-8-10-18(11-9-17)28-14-4-1-5-15-28/h2-3,6-13H,1,4-5,14-16H2,(H,25,26,30). The summed E-state index contributed by atoms with van der Waals surface area (Å²) in [5, 5.41) is 7.70. The van der Waals surface area contributed by atoms with Crippen molar-refractivity contribution in [3.05, 3.63) is 71.0 Å². The molecule has 2 aromatic heterocycles. The molecule has 0 bridgehead atoms. The molecule has 5 rings (SSSR count). The van der Waals surface area contributed by atoms with Gasteiger partial charge in [-0.05, 0) is 49.6 Å². The molecule has 0 aliphatic carbocycles. The Morgan fingerprint density at radius 3 is 2.53 bits per heavy atom. The highest BCUT2D eigenvalue weighted by Gasteiger charge is 2.13. The summed E-state index contributed by atoms with van der Waals surface area (Å²) in [6.07, 6.45) is 3.76. The van der Waals surface area contributed by atoms with E-state index in [0.717, 1.165) is 28.9 Å². The summed E-state index contributed by atoms with van der Waals surface area (Å²) in [5.41, 5.74) is 3.28. The topological polar surface area (TPSA) is 80.1 Å². The van der Waals surface area contributed by atoms with Crippen LogP contribution in [0.5, 0.6) is 0 Å². The van der Waals surface area contributed by atoms with E-state index in [-0.39, 0.29) is 18.0 Å². The number of fused-ring (bicyclic) bond motifs is 1. The molecule has 1 fully saturated rings. The van der Waals surface area contributed by atoms with E-state index in [1.54, 1.807) is 6.07 Å². The first-order valence-corrected chi connectivity index (χ1v) is 11.6. The van der Waals surface area contributed by atoms with Gasteiger partial charge in [-0.25, -0.2) is 9.67 Å². The minimum absolute atomic E-state index is 0.172. The second kappa shape index (κ2) is 8.92. The fourth-order valence-corrected chi connectivity index (χ4v) is 4.81. The number of rotatable bonds is 5. The highest BCUT2D eigenvalue weighted by Crippen LogP contribution is 2.26. The number of piperidine rings is 1. The van der Waals surface area contributed by atoms with Gasteiger partial charge in [0.2, 0.25) is 5.91 Å². The van der Waals surface area contributed by atoms with Crippen molar-refractivity contribution in [1.82, 2.24) is 14.8 Å². The number of nitrogens with zero attached hydrogens (tertiary/aromatic N) is 4. The molecule has 0 spiro atoms. The van der Waals surface area contributed by atoms with Crippen molar-refractivity contribution in [3.8, 4) is 11.3 Å². The normalized spacial score (nSPS) is 13.9. The largest absolute Gasteiger partial charge is 0.372 e. The Hall–Kier alpha value is -3.52. The fraction of sp³-hybridized carbons (Fsp3) is 0.250. The first-order chi connectivity index (χ1) is 15.7. The Morgan fingerprint density at radius 2 is 1.75 bits per heavy atom. The number of amides is 1. The smallest absolute Gasteiger partial charge is 0.267 e. The molecule has 162 valence electrons. The third-order valence-corrected chi connectivity index (χ3v) is 6.54. The van der Waals surface area contributed by atoms with Crippen molar-refractivity contribution in [1.29, 1.82) is 0 Å². The van der Waals surface area contributed by atoms with Gasteiger partial charge in [-0.2, -0.15) is 5.10 Å². The van der Waals surface area contributed by atoms with E-state index in [1.165, 1.54) is 47.0 Å². The maximum Gasteiger partial charge on any atom is 0.267 e. The molecular formula is C24H23N5O2S. The van der Waals surface area contributed by atoms with Crippen LogP contribution in [0.2, 0.25) is 0 Å². The van der Waals surface area contributed by atoms with Crippen molar-refractivity contribution in [2.75, 3.05) is 23.3 Å². The molecule has 0 radical (unpaired) electrons. The number of hydrogen-bond donors (Lipinski definition) is 1. The van der Waals surface area contributed by atoms with Crippen LogP contribution in [-0.4, -0.2) is 33.8 Å². The van der Waals surface area contributed by atoms with E-state index in [1.807, 2.05) is 36.4 Å². The Morgan fingerprint density at radius 1 is 0.969 bits per heavy atom. The lowest BCUT2D eigenvalue weighted by Gasteiger charge is -2.28. The number of carbonyl (C=O) groups excluding carboxylic acids is 1. The number of carbonyl (C=O) groups is 1. The van der Waals surface area contributed by atoms with E-state index in [0.29, 0.717) is 10.8 Å². The molecule has 32 heavy (non-hydrogen) atoms. The lowest BCUT2D eigenvalue weighted by molar-refractivity contribution is -0.117. The van der Waals surface area contributed by atoms with Crippen LogP contribution in [0.15, 0.2) is 65.5 Å². The second-order valence-electron chi connectivity index (χ2n) is 7.84. The monoisotopic (exact) mass is 445 g/mol. The van der Waals surface area contributed by atoms with E-state index in [9.17, 15) is 9.59 Å². The Kier molecular flexibility index (Phi) is 5.68. The highest BCUT2D eigenvalue weighted by atomic mass is 32.1. The van der Waals surface area contributed by atoms with Crippen LogP contribution in [-0.2, 0) is 11.3 Å². The van der Waals surface area contributed by atoms with Gasteiger partial charge in [0.05, 0.1) is 15.9 Å².